The number of benzene rings is 2. The van der Waals surface area contributed by atoms with Gasteiger partial charge in [-0.25, -0.2) is 4.79 Å². The lowest BCUT2D eigenvalue weighted by molar-refractivity contribution is -0.143. The zero-order valence-electron chi connectivity index (χ0n) is 21.4. The third-order valence-electron chi connectivity index (χ3n) is 7.18. The van der Waals surface area contributed by atoms with E-state index >= 15 is 0 Å². The first-order chi connectivity index (χ1) is 19.0. The molecule has 2 amide bonds. The average Bonchev–Trinajstić information content (AvgIpc) is 3.27. The summed E-state index contributed by atoms with van der Waals surface area (Å²) in [6, 6.07) is 7.79. The van der Waals surface area contributed by atoms with Gasteiger partial charge in [-0.15, -0.1) is 0 Å². The molecule has 0 saturated heterocycles. The Morgan fingerprint density at radius 3 is 2.40 bits per heavy atom. The highest BCUT2D eigenvalue weighted by Crippen LogP contribution is 2.36. The zero-order valence-corrected chi connectivity index (χ0v) is 22.9. The number of alkyl halides is 2. The summed E-state index contributed by atoms with van der Waals surface area (Å²) in [5.41, 5.74) is 2.01. The van der Waals surface area contributed by atoms with Crippen molar-refractivity contribution in [3.8, 4) is 5.75 Å². The number of nitrogens with zero attached hydrogens (tertiary/aromatic N) is 4. The summed E-state index contributed by atoms with van der Waals surface area (Å²) < 4.78 is 31.1. The van der Waals surface area contributed by atoms with Crippen LogP contribution in [0.25, 0.3) is 0 Å². The first-order valence-corrected chi connectivity index (χ1v) is 13.2. The summed E-state index contributed by atoms with van der Waals surface area (Å²) in [4.78, 5) is 42.6. The predicted octanol–water partition coefficient (Wildman–Crippen LogP) is 5.22. The van der Waals surface area contributed by atoms with Gasteiger partial charge in [0.25, 0.3) is 11.8 Å². The Labute approximate surface area is 237 Å². The molecule has 0 radical (unpaired) electrons. The number of halogens is 4. The third-order valence-corrected chi connectivity index (χ3v) is 7.92. The fourth-order valence-electron chi connectivity index (χ4n) is 5.27. The van der Waals surface area contributed by atoms with Gasteiger partial charge in [-0.05, 0) is 49.7 Å². The van der Waals surface area contributed by atoms with Gasteiger partial charge in [-0.1, -0.05) is 35.3 Å². The Morgan fingerprint density at radius 2 is 1.77 bits per heavy atom. The summed E-state index contributed by atoms with van der Waals surface area (Å²) in [6.07, 6.45) is 0.399. The zero-order chi connectivity index (χ0) is 28.9. The number of rotatable bonds is 6. The molecule has 1 N–H and O–H groups in total. The molecule has 13 heteroatoms. The number of ether oxygens (including phenoxy) is 1. The van der Waals surface area contributed by atoms with E-state index in [9.17, 15) is 28.3 Å². The highest BCUT2D eigenvalue weighted by atomic mass is 35.5. The first kappa shape index (κ1) is 27.9. The van der Waals surface area contributed by atoms with E-state index in [0.29, 0.717) is 28.3 Å². The van der Waals surface area contributed by atoms with Gasteiger partial charge in [-0.2, -0.15) is 13.9 Å². The minimum Gasteiger partial charge on any atom is -0.479 e. The van der Waals surface area contributed by atoms with Gasteiger partial charge in [0.1, 0.15) is 11.4 Å². The molecule has 0 aliphatic carbocycles. The molecule has 9 nitrogen and oxygen atoms in total. The van der Waals surface area contributed by atoms with Crippen LogP contribution in [-0.4, -0.2) is 61.7 Å². The van der Waals surface area contributed by atoms with E-state index in [1.54, 1.807) is 21.7 Å². The molecule has 1 aromatic heterocycles. The lowest BCUT2D eigenvalue weighted by Gasteiger charge is -2.37. The second-order valence-corrected chi connectivity index (χ2v) is 10.6. The maximum atomic E-state index is 13.9. The topological polar surface area (TPSA) is 105 Å². The Kier molecular flexibility index (Phi) is 7.45. The van der Waals surface area contributed by atoms with Crippen LogP contribution in [0.4, 0.5) is 8.78 Å². The van der Waals surface area contributed by atoms with Crippen LogP contribution in [0.2, 0.25) is 10.0 Å². The normalized spacial score (nSPS) is 19.3. The molecule has 0 bridgehead atoms. The molecular formula is C27H24Cl2F2N4O5. The Hall–Kier alpha value is -3.70. The lowest BCUT2D eigenvalue weighted by Crippen LogP contribution is -2.47. The van der Waals surface area contributed by atoms with Crippen LogP contribution in [0, 0.1) is 0 Å². The summed E-state index contributed by atoms with van der Waals surface area (Å²) >= 11 is 12.1. The van der Waals surface area contributed by atoms with E-state index in [1.807, 2.05) is 13.8 Å². The SMILES string of the molecule is C[C@@H]1Cc2nn3c(c2CN1C(=O)c1ccc(Cl)c(Cl)c1)C(=O)N(C(C(=O)O)c1ccc(OC(F)F)cc1)C[C@H]3C. The van der Waals surface area contributed by atoms with Crippen molar-refractivity contribution >= 4 is 41.0 Å². The van der Waals surface area contributed by atoms with Crippen molar-refractivity contribution in [1.29, 1.82) is 0 Å². The van der Waals surface area contributed by atoms with Gasteiger partial charge < -0.3 is 19.6 Å². The first-order valence-electron chi connectivity index (χ1n) is 12.4. The van der Waals surface area contributed by atoms with Crippen molar-refractivity contribution in [2.75, 3.05) is 6.54 Å². The summed E-state index contributed by atoms with van der Waals surface area (Å²) in [6.45, 7) is 0.829. The monoisotopic (exact) mass is 592 g/mol. The quantitative estimate of drug-likeness (QED) is 0.420. The summed E-state index contributed by atoms with van der Waals surface area (Å²) in [5, 5.41) is 15.4. The minimum atomic E-state index is -3.03. The highest BCUT2D eigenvalue weighted by Gasteiger charge is 2.43. The van der Waals surface area contributed by atoms with Crippen LogP contribution < -0.4 is 4.74 Å². The van der Waals surface area contributed by atoms with Gasteiger partial charge in [0.15, 0.2) is 6.04 Å². The van der Waals surface area contributed by atoms with Crippen molar-refractivity contribution in [1.82, 2.24) is 19.6 Å². The van der Waals surface area contributed by atoms with Crippen molar-refractivity contribution in [3.63, 3.8) is 0 Å². The summed E-state index contributed by atoms with van der Waals surface area (Å²) in [7, 11) is 0. The van der Waals surface area contributed by atoms with Gasteiger partial charge in [0, 0.05) is 30.1 Å². The van der Waals surface area contributed by atoms with E-state index in [-0.39, 0.29) is 53.1 Å². The molecule has 0 spiro atoms. The van der Waals surface area contributed by atoms with Gasteiger partial charge in [-0.3, -0.25) is 14.3 Å². The summed E-state index contributed by atoms with van der Waals surface area (Å²) in [5.74, 6) is -2.26. The molecule has 1 unspecified atom stereocenters. The third kappa shape index (κ3) is 4.99. The molecular weight excluding hydrogens is 569 g/mol. The number of aliphatic carboxylic acids is 1. The van der Waals surface area contributed by atoms with Gasteiger partial charge in [0.05, 0.1) is 28.3 Å². The number of aromatic nitrogens is 2. The second-order valence-electron chi connectivity index (χ2n) is 9.83. The maximum Gasteiger partial charge on any atom is 0.387 e. The van der Waals surface area contributed by atoms with Crippen LogP contribution in [0.1, 0.15) is 63.6 Å². The maximum absolute atomic E-state index is 13.9. The van der Waals surface area contributed by atoms with Crippen LogP contribution in [0.15, 0.2) is 42.5 Å². The van der Waals surface area contributed by atoms with E-state index in [4.69, 9.17) is 23.2 Å². The molecule has 3 atom stereocenters. The molecule has 3 heterocycles. The molecule has 0 saturated carbocycles. The number of carbonyl (C=O) groups is 3. The lowest BCUT2D eigenvalue weighted by atomic mass is 9.96. The van der Waals surface area contributed by atoms with E-state index in [1.165, 1.54) is 35.2 Å². The minimum absolute atomic E-state index is 0.0557. The van der Waals surface area contributed by atoms with Gasteiger partial charge >= 0.3 is 12.6 Å². The Balaban J connectivity index is 1.48. The molecule has 2 aliphatic heterocycles. The molecule has 3 aromatic rings. The largest absolute Gasteiger partial charge is 0.479 e. The molecule has 40 heavy (non-hydrogen) atoms. The Morgan fingerprint density at radius 1 is 1.07 bits per heavy atom. The van der Waals surface area contributed by atoms with Crippen LogP contribution in [-0.2, 0) is 17.8 Å². The fraction of sp³-hybridized carbons (Fsp3) is 0.333. The molecule has 210 valence electrons. The van der Waals surface area contributed by atoms with E-state index in [2.05, 4.69) is 9.84 Å². The van der Waals surface area contributed by atoms with Crippen LogP contribution >= 0.6 is 23.2 Å². The Bertz CT molecular complexity index is 1500. The standard InChI is InChI=1S/C27H24Cl2F2N4O5/c1-13-9-21-18(12-33(13)24(36)16-5-8-19(28)20(29)10-16)23-25(37)34(11-14(2)35(23)32-21)22(26(38)39)15-3-6-17(7-4-15)40-27(30)31/h3-8,10,13-14,22,27H,9,11-12H2,1-2H3,(H,38,39)/t13-,14-,22?/m1/s1. The molecule has 2 aliphatic rings. The van der Waals surface area contributed by atoms with Crippen LogP contribution in [0.5, 0.6) is 5.75 Å². The molecule has 5 rings (SSSR count). The number of carbonyl (C=O) groups excluding carboxylic acids is 2. The average molecular weight is 593 g/mol. The predicted molar refractivity (Wildman–Crippen MR) is 141 cm³/mol. The number of hydrogen-bond donors (Lipinski definition) is 1. The van der Waals surface area contributed by atoms with E-state index < -0.39 is 24.5 Å². The van der Waals surface area contributed by atoms with Crippen molar-refractivity contribution < 1.29 is 33.0 Å². The number of carboxylic acids is 1. The van der Waals surface area contributed by atoms with Gasteiger partial charge in [0.2, 0.25) is 0 Å². The van der Waals surface area contributed by atoms with Crippen molar-refractivity contribution in [3.05, 3.63) is 80.6 Å². The van der Waals surface area contributed by atoms with Crippen molar-refractivity contribution in [2.45, 2.75) is 51.6 Å². The number of fused-ring (bicyclic) bond motifs is 3. The van der Waals surface area contributed by atoms with Crippen LogP contribution in [0.3, 0.4) is 0 Å². The second kappa shape index (κ2) is 10.7. The number of hydrogen-bond acceptors (Lipinski definition) is 5. The number of carboxylic acid groups (broad SMARTS) is 1. The highest BCUT2D eigenvalue weighted by molar-refractivity contribution is 6.42. The fourth-order valence-corrected chi connectivity index (χ4v) is 5.56. The van der Waals surface area contributed by atoms with E-state index in [0.717, 1.165) is 0 Å². The smallest absolute Gasteiger partial charge is 0.387 e. The molecule has 0 fully saturated rings. The molecule has 2 aromatic carbocycles. The number of amides is 2. The van der Waals surface area contributed by atoms with Crippen molar-refractivity contribution in [2.24, 2.45) is 0 Å².